The highest BCUT2D eigenvalue weighted by Crippen LogP contribution is 2.16. The summed E-state index contributed by atoms with van der Waals surface area (Å²) < 4.78 is 13.2. The molecule has 4 heteroatoms. The third-order valence-electron chi connectivity index (χ3n) is 1.88. The fraction of sp³-hybridized carbons (Fsp3) is 0.364. The molecule has 82 valence electrons. The zero-order valence-corrected chi connectivity index (χ0v) is 9.31. The summed E-state index contributed by atoms with van der Waals surface area (Å²) in [6.07, 6.45) is 1.08. The van der Waals surface area contributed by atoms with E-state index in [9.17, 15) is 9.18 Å². The molecule has 0 fully saturated rings. The van der Waals surface area contributed by atoms with Crippen LogP contribution in [0.3, 0.4) is 0 Å². The van der Waals surface area contributed by atoms with Gasteiger partial charge in [-0.25, -0.2) is 9.18 Å². The molecule has 2 nitrogen and oxygen atoms in total. The molecule has 0 aliphatic heterocycles. The number of aromatic carboxylic acids is 1. The fourth-order valence-corrected chi connectivity index (χ4v) is 2.00. The van der Waals surface area contributed by atoms with Crippen molar-refractivity contribution < 1.29 is 14.3 Å². The summed E-state index contributed by atoms with van der Waals surface area (Å²) in [6.45, 7) is 2.08. The maximum atomic E-state index is 13.2. The van der Waals surface area contributed by atoms with Crippen molar-refractivity contribution in [2.75, 3.05) is 5.75 Å². The maximum Gasteiger partial charge on any atom is 0.338 e. The lowest BCUT2D eigenvalue weighted by atomic mass is 10.1. The van der Waals surface area contributed by atoms with Crippen LogP contribution in [-0.2, 0) is 5.75 Å². The Hall–Kier alpha value is -1.03. The second-order valence-electron chi connectivity index (χ2n) is 3.17. The molecule has 0 heterocycles. The molecular weight excluding hydrogens is 215 g/mol. The standard InChI is InChI=1S/C11H13FO2S/c1-2-5-15-7-8-3-4-9(11(13)14)10(12)6-8/h3-4,6H,2,5,7H2,1H3,(H,13,14). The molecule has 15 heavy (non-hydrogen) atoms. The number of carbonyl (C=O) groups is 1. The second kappa shape index (κ2) is 5.75. The van der Waals surface area contributed by atoms with Gasteiger partial charge >= 0.3 is 5.97 Å². The van der Waals surface area contributed by atoms with E-state index in [0.717, 1.165) is 23.5 Å². The van der Waals surface area contributed by atoms with Gasteiger partial charge < -0.3 is 5.11 Å². The molecule has 0 aromatic heterocycles. The first kappa shape index (κ1) is 12.0. The number of hydrogen-bond donors (Lipinski definition) is 1. The van der Waals surface area contributed by atoms with Crippen LogP contribution < -0.4 is 0 Å². The molecule has 1 rings (SSSR count). The number of carboxylic acid groups (broad SMARTS) is 1. The first-order valence-corrected chi connectivity index (χ1v) is 5.90. The van der Waals surface area contributed by atoms with Crippen LogP contribution in [-0.4, -0.2) is 16.8 Å². The van der Waals surface area contributed by atoms with Crippen molar-refractivity contribution in [3.8, 4) is 0 Å². The lowest BCUT2D eigenvalue weighted by molar-refractivity contribution is 0.0692. The summed E-state index contributed by atoms with van der Waals surface area (Å²) in [5, 5.41) is 8.63. The number of thioether (sulfide) groups is 1. The summed E-state index contributed by atoms with van der Waals surface area (Å²) in [5.41, 5.74) is 0.565. The minimum Gasteiger partial charge on any atom is -0.478 e. The van der Waals surface area contributed by atoms with Crippen LogP contribution in [0.25, 0.3) is 0 Å². The van der Waals surface area contributed by atoms with E-state index >= 15 is 0 Å². The summed E-state index contributed by atoms with van der Waals surface area (Å²) in [6, 6.07) is 4.28. The van der Waals surface area contributed by atoms with Crippen LogP contribution >= 0.6 is 11.8 Å². The summed E-state index contributed by atoms with van der Waals surface area (Å²) >= 11 is 1.72. The van der Waals surface area contributed by atoms with E-state index in [-0.39, 0.29) is 5.56 Å². The Bertz CT molecular complexity index is 352. The lowest BCUT2D eigenvalue weighted by Gasteiger charge is -2.02. The van der Waals surface area contributed by atoms with E-state index in [0.29, 0.717) is 0 Å². The van der Waals surface area contributed by atoms with Crippen LogP contribution in [0.4, 0.5) is 4.39 Å². The Labute approximate surface area is 92.5 Å². The van der Waals surface area contributed by atoms with Gasteiger partial charge in [-0.3, -0.25) is 0 Å². The van der Waals surface area contributed by atoms with Gasteiger partial charge in [-0.05, 0) is 29.9 Å². The Morgan fingerprint density at radius 3 is 2.80 bits per heavy atom. The zero-order valence-electron chi connectivity index (χ0n) is 8.50. The Morgan fingerprint density at radius 1 is 1.53 bits per heavy atom. The third-order valence-corrected chi connectivity index (χ3v) is 3.12. The van der Waals surface area contributed by atoms with E-state index in [1.165, 1.54) is 12.1 Å². The van der Waals surface area contributed by atoms with Gasteiger partial charge in [0, 0.05) is 5.75 Å². The van der Waals surface area contributed by atoms with Gasteiger partial charge in [-0.2, -0.15) is 11.8 Å². The van der Waals surface area contributed by atoms with Gasteiger partial charge in [-0.1, -0.05) is 13.0 Å². The number of benzene rings is 1. The minimum atomic E-state index is -1.22. The normalized spacial score (nSPS) is 10.3. The maximum absolute atomic E-state index is 13.2. The van der Waals surface area contributed by atoms with E-state index in [1.807, 2.05) is 0 Å². The van der Waals surface area contributed by atoms with Gasteiger partial charge in [0.25, 0.3) is 0 Å². The smallest absolute Gasteiger partial charge is 0.338 e. The van der Waals surface area contributed by atoms with Crippen LogP contribution in [0.15, 0.2) is 18.2 Å². The van der Waals surface area contributed by atoms with E-state index in [4.69, 9.17) is 5.11 Å². The molecule has 0 saturated heterocycles. The van der Waals surface area contributed by atoms with Gasteiger partial charge in [0.2, 0.25) is 0 Å². The molecular formula is C11H13FO2S. The topological polar surface area (TPSA) is 37.3 Å². The van der Waals surface area contributed by atoms with Gasteiger partial charge in [0.15, 0.2) is 0 Å². The fourth-order valence-electron chi connectivity index (χ4n) is 1.16. The van der Waals surface area contributed by atoms with Crippen molar-refractivity contribution in [1.82, 2.24) is 0 Å². The van der Waals surface area contributed by atoms with Crippen molar-refractivity contribution in [3.63, 3.8) is 0 Å². The lowest BCUT2D eigenvalue weighted by Crippen LogP contribution is -2.00. The average Bonchev–Trinajstić information content (AvgIpc) is 2.17. The predicted octanol–water partition coefficient (Wildman–Crippen LogP) is 3.17. The monoisotopic (exact) mass is 228 g/mol. The predicted molar refractivity (Wildman–Crippen MR) is 59.8 cm³/mol. The molecule has 0 atom stereocenters. The molecule has 0 amide bonds. The van der Waals surface area contributed by atoms with Gasteiger partial charge in [0.05, 0.1) is 5.56 Å². The van der Waals surface area contributed by atoms with Crippen LogP contribution in [0.2, 0.25) is 0 Å². The Balaban J connectivity index is 2.69. The third kappa shape index (κ3) is 3.55. The number of carboxylic acids is 1. The van der Waals surface area contributed by atoms with Gasteiger partial charge in [0.1, 0.15) is 5.82 Å². The number of rotatable bonds is 5. The van der Waals surface area contributed by atoms with E-state index in [1.54, 1.807) is 17.8 Å². The van der Waals surface area contributed by atoms with Crippen molar-refractivity contribution in [1.29, 1.82) is 0 Å². The molecule has 1 aromatic rings. The quantitative estimate of drug-likeness (QED) is 0.786. The zero-order chi connectivity index (χ0) is 11.3. The van der Waals surface area contributed by atoms with Crippen molar-refractivity contribution >= 4 is 17.7 Å². The molecule has 1 aromatic carbocycles. The SMILES string of the molecule is CCCSCc1ccc(C(=O)O)c(F)c1. The molecule has 0 saturated carbocycles. The highest BCUT2D eigenvalue weighted by Gasteiger charge is 2.09. The molecule has 0 unspecified atom stereocenters. The van der Waals surface area contributed by atoms with Crippen molar-refractivity contribution in [2.45, 2.75) is 19.1 Å². The minimum absolute atomic E-state index is 0.265. The van der Waals surface area contributed by atoms with E-state index < -0.39 is 11.8 Å². The average molecular weight is 228 g/mol. The first-order chi connectivity index (χ1) is 7.15. The number of halogens is 1. The molecule has 0 aliphatic carbocycles. The molecule has 0 aliphatic rings. The van der Waals surface area contributed by atoms with E-state index in [2.05, 4.69) is 6.92 Å². The Kier molecular flexibility index (Phi) is 4.62. The van der Waals surface area contributed by atoms with Crippen molar-refractivity contribution in [3.05, 3.63) is 35.1 Å². The molecule has 0 radical (unpaired) electrons. The Morgan fingerprint density at radius 2 is 2.27 bits per heavy atom. The molecule has 1 N–H and O–H groups in total. The van der Waals surface area contributed by atoms with Gasteiger partial charge in [-0.15, -0.1) is 0 Å². The largest absolute Gasteiger partial charge is 0.478 e. The summed E-state index contributed by atoms with van der Waals surface area (Å²) in [4.78, 5) is 10.5. The molecule has 0 bridgehead atoms. The van der Waals surface area contributed by atoms with Crippen LogP contribution in [0, 0.1) is 5.82 Å². The van der Waals surface area contributed by atoms with Crippen LogP contribution in [0.5, 0.6) is 0 Å². The first-order valence-electron chi connectivity index (χ1n) is 4.74. The number of hydrogen-bond acceptors (Lipinski definition) is 2. The molecule has 0 spiro atoms. The second-order valence-corrected chi connectivity index (χ2v) is 4.28. The van der Waals surface area contributed by atoms with Crippen molar-refractivity contribution in [2.24, 2.45) is 0 Å². The highest BCUT2D eigenvalue weighted by atomic mass is 32.2. The highest BCUT2D eigenvalue weighted by molar-refractivity contribution is 7.98. The summed E-state index contributed by atoms with van der Waals surface area (Å²) in [7, 11) is 0. The summed E-state index contributed by atoms with van der Waals surface area (Å²) in [5.74, 6) is -0.121. The van der Waals surface area contributed by atoms with Crippen LogP contribution in [0.1, 0.15) is 29.3 Å².